The highest BCUT2D eigenvalue weighted by molar-refractivity contribution is 5.92. The van der Waals surface area contributed by atoms with Crippen molar-refractivity contribution in [1.29, 1.82) is 0 Å². The first kappa shape index (κ1) is 14.8. The number of fused-ring (bicyclic) bond motifs is 1. The van der Waals surface area contributed by atoms with Gasteiger partial charge in [-0.05, 0) is 21.0 Å². The van der Waals surface area contributed by atoms with Gasteiger partial charge in [-0.25, -0.2) is 4.98 Å². The molecule has 2 aromatic rings. The van der Waals surface area contributed by atoms with Crippen LogP contribution in [0.3, 0.4) is 0 Å². The molecule has 3 rings (SSSR count). The van der Waals surface area contributed by atoms with Gasteiger partial charge in [0.05, 0.1) is 6.54 Å². The van der Waals surface area contributed by atoms with E-state index in [1.165, 1.54) is 0 Å². The second-order valence-corrected chi connectivity index (χ2v) is 6.13. The number of aromatic nitrogens is 3. The van der Waals surface area contributed by atoms with Crippen LogP contribution in [0.25, 0.3) is 0 Å². The highest BCUT2D eigenvalue weighted by Crippen LogP contribution is 2.18. The van der Waals surface area contributed by atoms with Crippen LogP contribution in [-0.2, 0) is 13.1 Å². The first-order chi connectivity index (χ1) is 10.5. The lowest BCUT2D eigenvalue weighted by Gasteiger charge is -2.25. The number of rotatable bonds is 3. The molecule has 0 bridgehead atoms. The second kappa shape index (κ2) is 5.92. The van der Waals surface area contributed by atoms with Gasteiger partial charge < -0.3 is 18.9 Å². The largest absolute Gasteiger partial charge is 0.361 e. The third kappa shape index (κ3) is 3.04. The maximum atomic E-state index is 12.7. The molecule has 0 radical (unpaired) electrons. The van der Waals surface area contributed by atoms with E-state index in [0.29, 0.717) is 30.5 Å². The quantitative estimate of drug-likeness (QED) is 0.846. The van der Waals surface area contributed by atoms with Crippen LogP contribution in [0.5, 0.6) is 0 Å². The fourth-order valence-electron chi connectivity index (χ4n) is 2.96. The van der Waals surface area contributed by atoms with Gasteiger partial charge >= 0.3 is 0 Å². The van der Waals surface area contributed by atoms with Crippen molar-refractivity contribution in [3.63, 3.8) is 0 Å². The zero-order valence-corrected chi connectivity index (χ0v) is 13.2. The maximum Gasteiger partial charge on any atom is 0.276 e. The predicted octanol–water partition coefficient (Wildman–Crippen LogP) is 1.01. The Morgan fingerprint density at radius 3 is 2.95 bits per heavy atom. The first-order valence-electron chi connectivity index (χ1n) is 7.40. The van der Waals surface area contributed by atoms with E-state index in [2.05, 4.69) is 19.6 Å². The molecule has 0 saturated carbocycles. The number of imidazole rings is 1. The topological polar surface area (TPSA) is 67.4 Å². The molecule has 0 fully saturated rings. The summed E-state index contributed by atoms with van der Waals surface area (Å²) in [6, 6.07) is 1.68. The third-order valence-corrected chi connectivity index (χ3v) is 3.83. The van der Waals surface area contributed by atoms with Gasteiger partial charge in [-0.3, -0.25) is 4.79 Å². The summed E-state index contributed by atoms with van der Waals surface area (Å²) in [4.78, 5) is 21.0. The summed E-state index contributed by atoms with van der Waals surface area (Å²) in [5, 5.41) is 3.85. The van der Waals surface area contributed by atoms with Crippen molar-refractivity contribution in [1.82, 2.24) is 24.5 Å². The summed E-state index contributed by atoms with van der Waals surface area (Å²) in [5.41, 5.74) is 0.362. The van der Waals surface area contributed by atoms with Crippen LogP contribution in [0, 0.1) is 12.8 Å². The molecular formula is C15H21N5O2. The summed E-state index contributed by atoms with van der Waals surface area (Å²) in [7, 11) is 4.10. The molecule has 1 atom stereocenters. The van der Waals surface area contributed by atoms with Crippen LogP contribution in [-0.4, -0.2) is 57.6 Å². The van der Waals surface area contributed by atoms with Gasteiger partial charge in [0.15, 0.2) is 5.69 Å². The number of carbonyl (C=O) groups excluding carboxylic acids is 1. The fraction of sp³-hybridized carbons (Fsp3) is 0.533. The number of amides is 1. The highest BCUT2D eigenvalue weighted by atomic mass is 16.5. The van der Waals surface area contributed by atoms with Crippen LogP contribution < -0.4 is 0 Å². The molecule has 0 spiro atoms. The van der Waals surface area contributed by atoms with Crippen molar-refractivity contribution in [3.8, 4) is 0 Å². The smallest absolute Gasteiger partial charge is 0.276 e. The van der Waals surface area contributed by atoms with Gasteiger partial charge in [0.2, 0.25) is 0 Å². The number of carbonyl (C=O) groups is 1. The van der Waals surface area contributed by atoms with Gasteiger partial charge in [-0.2, -0.15) is 0 Å². The van der Waals surface area contributed by atoms with E-state index in [-0.39, 0.29) is 5.91 Å². The van der Waals surface area contributed by atoms with E-state index < -0.39 is 0 Å². The number of aryl methyl sites for hydroxylation is 1. The summed E-state index contributed by atoms with van der Waals surface area (Å²) in [6.45, 7) is 4.76. The zero-order chi connectivity index (χ0) is 15.7. The number of hydrogen-bond donors (Lipinski definition) is 0. The van der Waals surface area contributed by atoms with Crippen molar-refractivity contribution in [2.75, 3.05) is 27.2 Å². The van der Waals surface area contributed by atoms with Gasteiger partial charge in [-0.1, -0.05) is 5.16 Å². The van der Waals surface area contributed by atoms with E-state index in [0.717, 1.165) is 18.9 Å². The van der Waals surface area contributed by atoms with Crippen LogP contribution in [0.2, 0.25) is 0 Å². The molecule has 1 aliphatic heterocycles. The Kier molecular flexibility index (Phi) is 3.98. The lowest BCUT2D eigenvalue weighted by atomic mass is 10.1. The maximum absolute atomic E-state index is 12.7. The molecule has 0 saturated heterocycles. The lowest BCUT2D eigenvalue weighted by Crippen LogP contribution is -2.37. The Bertz CT molecular complexity index is 660. The SMILES string of the molecule is Cc1cc(C(=O)N2Cc3nccn3C[C@H](CN(C)C)C2)no1. The summed E-state index contributed by atoms with van der Waals surface area (Å²) in [6.07, 6.45) is 3.77. The summed E-state index contributed by atoms with van der Waals surface area (Å²) in [5.74, 6) is 1.80. The van der Waals surface area contributed by atoms with Crippen LogP contribution in [0.1, 0.15) is 22.1 Å². The second-order valence-electron chi connectivity index (χ2n) is 6.13. The molecule has 22 heavy (non-hydrogen) atoms. The third-order valence-electron chi connectivity index (χ3n) is 3.83. The Balaban J connectivity index is 1.85. The van der Waals surface area contributed by atoms with Crippen LogP contribution in [0.15, 0.2) is 23.0 Å². The Morgan fingerprint density at radius 2 is 2.27 bits per heavy atom. The minimum atomic E-state index is -0.0999. The molecule has 0 aliphatic carbocycles. The monoisotopic (exact) mass is 303 g/mol. The standard InChI is InChI=1S/C15H21N5O2/c1-11-6-13(17-22-11)15(21)20-9-12(7-18(2)3)8-19-5-4-16-14(19)10-20/h4-6,12H,7-10H2,1-3H3/t12-/m0/s1. The molecule has 118 valence electrons. The van der Waals surface area contributed by atoms with E-state index in [1.54, 1.807) is 19.2 Å². The van der Waals surface area contributed by atoms with Crippen molar-refractivity contribution in [3.05, 3.63) is 35.7 Å². The molecule has 2 aromatic heterocycles. The summed E-state index contributed by atoms with van der Waals surface area (Å²) >= 11 is 0. The molecule has 7 heteroatoms. The Morgan fingerprint density at radius 1 is 1.45 bits per heavy atom. The minimum Gasteiger partial charge on any atom is -0.361 e. The lowest BCUT2D eigenvalue weighted by molar-refractivity contribution is 0.0699. The van der Waals surface area contributed by atoms with Crippen LogP contribution in [0.4, 0.5) is 0 Å². The molecular weight excluding hydrogens is 282 g/mol. The van der Waals surface area contributed by atoms with Crippen LogP contribution >= 0.6 is 0 Å². The normalized spacial score (nSPS) is 18.4. The predicted molar refractivity (Wildman–Crippen MR) is 80.3 cm³/mol. The van der Waals surface area contributed by atoms with E-state index in [1.807, 2.05) is 25.2 Å². The van der Waals surface area contributed by atoms with Crippen molar-refractivity contribution >= 4 is 5.91 Å². The Labute approximate surface area is 129 Å². The van der Waals surface area contributed by atoms with Crippen molar-refractivity contribution < 1.29 is 9.32 Å². The molecule has 7 nitrogen and oxygen atoms in total. The Hall–Kier alpha value is -2.15. The van der Waals surface area contributed by atoms with Crippen molar-refractivity contribution in [2.24, 2.45) is 5.92 Å². The van der Waals surface area contributed by atoms with Crippen molar-refractivity contribution in [2.45, 2.75) is 20.0 Å². The molecule has 1 amide bonds. The van der Waals surface area contributed by atoms with Gasteiger partial charge in [0.25, 0.3) is 5.91 Å². The van der Waals surface area contributed by atoms with E-state index >= 15 is 0 Å². The molecule has 3 heterocycles. The average Bonchev–Trinajstić information content (AvgIpc) is 3.03. The highest BCUT2D eigenvalue weighted by Gasteiger charge is 2.28. The van der Waals surface area contributed by atoms with E-state index in [4.69, 9.17) is 4.52 Å². The van der Waals surface area contributed by atoms with Gasteiger partial charge in [0.1, 0.15) is 11.6 Å². The molecule has 0 unspecified atom stereocenters. The molecule has 0 N–H and O–H groups in total. The van der Waals surface area contributed by atoms with E-state index in [9.17, 15) is 4.79 Å². The first-order valence-corrected chi connectivity index (χ1v) is 7.40. The number of nitrogens with zero attached hydrogens (tertiary/aromatic N) is 5. The van der Waals surface area contributed by atoms with Gasteiger partial charge in [-0.15, -0.1) is 0 Å². The number of hydrogen-bond acceptors (Lipinski definition) is 5. The average molecular weight is 303 g/mol. The summed E-state index contributed by atoms with van der Waals surface area (Å²) < 4.78 is 7.16. The minimum absolute atomic E-state index is 0.0999. The molecule has 1 aliphatic rings. The van der Waals surface area contributed by atoms with Gasteiger partial charge in [0, 0.05) is 44.0 Å². The molecule has 0 aromatic carbocycles. The zero-order valence-electron chi connectivity index (χ0n) is 13.2. The fourth-order valence-corrected chi connectivity index (χ4v) is 2.96.